The standard InChI is InChI=1S/C35H51F3O8/c1-28(2,45-27(40)35(36,37)38)13-12-26-33(9,46-30(5,6)44-26)25-11-15-34(41)20-16-22(39)21-17-23-24(43-29(3,4)42-23)18-31(21,7)19(20)10-14-32(25,34)8/h16,19,21,23-26,41H,10-15,17-18H2,1-9H3/t19-,21-,23+,24-,25-,26+,31+,32+,33+,34+/m0/s1. The molecule has 5 fully saturated rings. The zero-order chi connectivity index (χ0) is 34.1. The molecule has 6 aliphatic rings. The quantitative estimate of drug-likeness (QED) is 0.332. The van der Waals surface area contributed by atoms with Gasteiger partial charge in [-0.15, -0.1) is 0 Å². The summed E-state index contributed by atoms with van der Waals surface area (Å²) in [7, 11) is 0. The van der Waals surface area contributed by atoms with E-state index in [-0.39, 0.29) is 54.0 Å². The van der Waals surface area contributed by atoms with E-state index in [4.69, 9.17) is 23.7 Å². The Kier molecular flexibility index (Phi) is 7.65. The number of hydrogen-bond donors (Lipinski definition) is 1. The molecule has 1 N–H and O–H groups in total. The summed E-state index contributed by atoms with van der Waals surface area (Å²) < 4.78 is 69.3. The van der Waals surface area contributed by atoms with Gasteiger partial charge in [0.15, 0.2) is 17.4 Å². The molecule has 0 amide bonds. The first-order valence-corrected chi connectivity index (χ1v) is 16.9. The van der Waals surface area contributed by atoms with Crippen molar-refractivity contribution in [2.75, 3.05) is 0 Å². The predicted molar refractivity (Wildman–Crippen MR) is 160 cm³/mol. The molecule has 0 spiro atoms. The highest BCUT2D eigenvalue weighted by molar-refractivity contribution is 5.95. The van der Waals surface area contributed by atoms with Crippen molar-refractivity contribution in [1.82, 2.24) is 0 Å². The van der Waals surface area contributed by atoms with Crippen molar-refractivity contribution >= 4 is 11.8 Å². The summed E-state index contributed by atoms with van der Waals surface area (Å²) in [4.78, 5) is 25.5. The molecule has 2 saturated heterocycles. The van der Waals surface area contributed by atoms with Crippen molar-refractivity contribution < 1.29 is 51.6 Å². The smallest absolute Gasteiger partial charge is 0.453 e. The average Bonchev–Trinajstić information content (AvgIpc) is 3.44. The van der Waals surface area contributed by atoms with Gasteiger partial charge in [0.2, 0.25) is 0 Å². The second-order valence-corrected chi connectivity index (χ2v) is 17.2. The highest BCUT2D eigenvalue weighted by Crippen LogP contribution is 2.70. The highest BCUT2D eigenvalue weighted by Gasteiger charge is 2.71. The molecule has 11 heteroatoms. The lowest BCUT2D eigenvalue weighted by Gasteiger charge is -2.60. The predicted octanol–water partition coefficient (Wildman–Crippen LogP) is 6.56. The Balaban J connectivity index is 1.27. The van der Waals surface area contributed by atoms with Crippen molar-refractivity contribution in [2.45, 2.75) is 167 Å². The normalized spacial score (nSPS) is 46.2. The molecular formula is C35H51F3O8. The Morgan fingerprint density at radius 3 is 2.26 bits per heavy atom. The number of carbonyl (C=O) groups excluding carboxylic acids is 2. The number of fused-ring (bicyclic) bond motifs is 6. The Bertz CT molecular complexity index is 1320. The maximum atomic E-state index is 13.9. The summed E-state index contributed by atoms with van der Waals surface area (Å²) in [6, 6.07) is 0. The molecule has 10 atom stereocenters. The van der Waals surface area contributed by atoms with Gasteiger partial charge in [-0.25, -0.2) is 4.79 Å². The van der Waals surface area contributed by atoms with Crippen molar-refractivity contribution in [1.29, 1.82) is 0 Å². The van der Waals surface area contributed by atoms with Gasteiger partial charge in [0.1, 0.15) is 5.60 Å². The van der Waals surface area contributed by atoms with Crippen LogP contribution in [0.4, 0.5) is 13.2 Å². The van der Waals surface area contributed by atoms with Gasteiger partial charge in [-0.2, -0.15) is 13.2 Å². The SMILES string of the molecule is CC(C)(CC[C@H]1OC(C)(C)O[C@]1(C)[C@H]1CC[C@@]2(O)C3=CC(=O)[C@@H]4C[C@H]5OC(C)(C)O[C@H]5C[C@]4(C)[C@H]3CC[C@]12C)OC(=O)C(F)(F)F. The van der Waals surface area contributed by atoms with Crippen molar-refractivity contribution in [3.05, 3.63) is 11.6 Å². The molecule has 46 heavy (non-hydrogen) atoms. The largest absolute Gasteiger partial charge is 0.490 e. The Labute approximate surface area is 270 Å². The number of esters is 1. The Morgan fingerprint density at radius 2 is 1.61 bits per heavy atom. The van der Waals surface area contributed by atoms with E-state index in [1.165, 1.54) is 13.8 Å². The van der Waals surface area contributed by atoms with Gasteiger partial charge in [0.05, 0.1) is 29.5 Å². The maximum Gasteiger partial charge on any atom is 0.490 e. The number of ether oxygens (including phenoxy) is 5. The molecule has 260 valence electrons. The van der Waals surface area contributed by atoms with Crippen molar-refractivity contribution in [2.24, 2.45) is 28.6 Å². The molecule has 4 aliphatic carbocycles. The molecule has 2 heterocycles. The number of halogens is 3. The maximum absolute atomic E-state index is 13.9. The monoisotopic (exact) mass is 656 g/mol. The Hall–Kier alpha value is -1.53. The second kappa shape index (κ2) is 10.2. The van der Waals surface area contributed by atoms with E-state index in [0.717, 1.165) is 12.0 Å². The molecule has 2 aliphatic heterocycles. The number of hydrogen-bond acceptors (Lipinski definition) is 8. The lowest BCUT2D eigenvalue weighted by atomic mass is 9.45. The lowest BCUT2D eigenvalue weighted by molar-refractivity contribution is -0.212. The second-order valence-electron chi connectivity index (χ2n) is 17.2. The van der Waals surface area contributed by atoms with Gasteiger partial charge < -0.3 is 28.8 Å². The molecule has 0 radical (unpaired) electrons. The summed E-state index contributed by atoms with van der Waals surface area (Å²) >= 11 is 0. The molecule has 0 aromatic heterocycles. The minimum Gasteiger partial charge on any atom is -0.453 e. The lowest BCUT2D eigenvalue weighted by Crippen LogP contribution is -2.62. The molecule has 0 aromatic rings. The third-order valence-corrected chi connectivity index (χ3v) is 12.8. The fraction of sp³-hybridized carbons (Fsp3) is 0.886. The van der Waals surface area contributed by atoms with Crippen LogP contribution in [0.25, 0.3) is 0 Å². The van der Waals surface area contributed by atoms with Crippen LogP contribution in [0.3, 0.4) is 0 Å². The Morgan fingerprint density at radius 1 is 0.957 bits per heavy atom. The molecule has 0 bridgehead atoms. The fourth-order valence-electron chi connectivity index (χ4n) is 10.8. The van der Waals surface area contributed by atoms with Crippen LogP contribution in [-0.2, 0) is 33.3 Å². The van der Waals surface area contributed by atoms with Gasteiger partial charge in [0, 0.05) is 11.3 Å². The van der Waals surface area contributed by atoms with Crippen LogP contribution < -0.4 is 0 Å². The first-order valence-electron chi connectivity index (χ1n) is 16.9. The van der Waals surface area contributed by atoms with Gasteiger partial charge in [0.25, 0.3) is 0 Å². The van der Waals surface area contributed by atoms with Crippen molar-refractivity contribution in [3.63, 3.8) is 0 Å². The van der Waals surface area contributed by atoms with Gasteiger partial charge in [-0.05, 0) is 129 Å². The zero-order valence-corrected chi connectivity index (χ0v) is 28.6. The summed E-state index contributed by atoms with van der Waals surface area (Å²) in [5, 5.41) is 12.8. The summed E-state index contributed by atoms with van der Waals surface area (Å²) in [5.74, 6) is -4.20. The molecular weight excluding hydrogens is 605 g/mol. The number of rotatable bonds is 5. The van der Waals surface area contributed by atoms with Crippen LogP contribution in [0, 0.1) is 28.6 Å². The average molecular weight is 657 g/mol. The molecule has 0 aromatic carbocycles. The summed E-state index contributed by atoms with van der Waals surface area (Å²) in [6.45, 7) is 16.6. The zero-order valence-electron chi connectivity index (χ0n) is 28.6. The highest BCUT2D eigenvalue weighted by atomic mass is 19.4. The number of alkyl halides is 3. The van der Waals surface area contributed by atoms with E-state index in [9.17, 15) is 27.9 Å². The first kappa shape index (κ1) is 34.3. The summed E-state index contributed by atoms with van der Waals surface area (Å²) in [6.07, 6.45) is 0.204. The van der Waals surface area contributed by atoms with Crippen LogP contribution in [0.2, 0.25) is 0 Å². The van der Waals surface area contributed by atoms with Gasteiger partial charge in [-0.3, -0.25) is 4.79 Å². The minimum absolute atomic E-state index is 0.0187. The number of aliphatic hydroxyl groups is 1. The first-order chi connectivity index (χ1) is 20.9. The van der Waals surface area contributed by atoms with E-state index in [2.05, 4.69) is 13.8 Å². The van der Waals surface area contributed by atoms with Crippen LogP contribution >= 0.6 is 0 Å². The van der Waals surface area contributed by atoms with E-state index in [1.54, 1.807) is 6.08 Å². The minimum atomic E-state index is -5.08. The number of ketones is 1. The van der Waals surface area contributed by atoms with Crippen LogP contribution in [0.15, 0.2) is 11.6 Å². The van der Waals surface area contributed by atoms with E-state index >= 15 is 0 Å². The molecule has 3 saturated carbocycles. The van der Waals surface area contributed by atoms with E-state index in [1.807, 2.05) is 34.6 Å². The van der Waals surface area contributed by atoms with E-state index < -0.39 is 52.0 Å². The van der Waals surface area contributed by atoms with Gasteiger partial charge >= 0.3 is 12.1 Å². The number of allylic oxidation sites excluding steroid dienone is 1. The van der Waals surface area contributed by atoms with Crippen LogP contribution in [0.1, 0.15) is 114 Å². The number of carbonyl (C=O) groups is 2. The topological polar surface area (TPSA) is 101 Å². The van der Waals surface area contributed by atoms with Crippen molar-refractivity contribution in [3.8, 4) is 0 Å². The molecule has 0 unspecified atom stereocenters. The van der Waals surface area contributed by atoms with Crippen LogP contribution in [0.5, 0.6) is 0 Å². The third kappa shape index (κ3) is 5.20. The van der Waals surface area contributed by atoms with Gasteiger partial charge in [-0.1, -0.05) is 13.8 Å². The fourth-order valence-corrected chi connectivity index (χ4v) is 10.8. The molecule has 8 nitrogen and oxygen atoms in total. The van der Waals surface area contributed by atoms with Crippen LogP contribution in [-0.4, -0.2) is 69.7 Å². The van der Waals surface area contributed by atoms with E-state index in [0.29, 0.717) is 32.1 Å². The summed E-state index contributed by atoms with van der Waals surface area (Å²) in [5.41, 5.74) is -3.73. The third-order valence-electron chi connectivity index (χ3n) is 12.8. The molecule has 6 rings (SSSR count).